The molecule has 0 saturated carbocycles. The van der Waals surface area contributed by atoms with Crippen molar-refractivity contribution in [2.75, 3.05) is 30.8 Å². The van der Waals surface area contributed by atoms with Gasteiger partial charge in [-0.15, -0.1) is 0 Å². The van der Waals surface area contributed by atoms with E-state index in [2.05, 4.69) is 44.4 Å². The normalized spacial score (nSPS) is 11.2. The van der Waals surface area contributed by atoms with Gasteiger partial charge in [-0.2, -0.15) is 5.10 Å². The molecule has 0 atom stereocenters. The number of rotatable bonds is 9. The number of methoxy groups -OCH3 is 1. The van der Waals surface area contributed by atoms with E-state index in [1.54, 1.807) is 30.0 Å². The van der Waals surface area contributed by atoms with Crippen LogP contribution in [0.5, 0.6) is 5.75 Å². The van der Waals surface area contributed by atoms with Crippen molar-refractivity contribution in [1.82, 2.24) is 14.7 Å². The van der Waals surface area contributed by atoms with E-state index < -0.39 is 0 Å². The predicted molar refractivity (Wildman–Crippen MR) is 149 cm³/mol. The van der Waals surface area contributed by atoms with Gasteiger partial charge >= 0.3 is 6.03 Å². The van der Waals surface area contributed by atoms with Crippen molar-refractivity contribution in [3.8, 4) is 11.4 Å². The molecular weight excluding hydrogens is 466 g/mol. The lowest BCUT2D eigenvalue weighted by atomic mass is 9.92. The Kier molecular flexibility index (Phi) is 8.97. The van der Waals surface area contributed by atoms with Crippen molar-refractivity contribution in [2.45, 2.75) is 59.8 Å². The first kappa shape index (κ1) is 27.8. The van der Waals surface area contributed by atoms with Crippen molar-refractivity contribution in [3.05, 3.63) is 65.4 Å². The Labute approximate surface area is 220 Å². The molecule has 0 fully saturated rings. The Morgan fingerprint density at radius 3 is 2.46 bits per heavy atom. The second-order valence-corrected chi connectivity index (χ2v) is 10.4. The molecule has 8 nitrogen and oxygen atoms in total. The summed E-state index contributed by atoms with van der Waals surface area (Å²) < 4.78 is 7.02. The SMILES string of the molecule is CCCCN(CC(=O)Nc1cc(C(C)(C)C)nn1-c1ccc(C)cc1C)C(=O)Nc1cccc(OC)c1. The van der Waals surface area contributed by atoms with E-state index in [4.69, 9.17) is 9.84 Å². The Bertz CT molecular complexity index is 1240. The molecule has 3 amide bonds. The molecule has 3 rings (SSSR count). The molecule has 0 saturated heterocycles. The monoisotopic (exact) mass is 505 g/mol. The van der Waals surface area contributed by atoms with Gasteiger partial charge in [0.15, 0.2) is 0 Å². The number of anilines is 2. The van der Waals surface area contributed by atoms with E-state index in [9.17, 15) is 9.59 Å². The number of aryl methyl sites for hydroxylation is 2. The van der Waals surface area contributed by atoms with Crippen LogP contribution < -0.4 is 15.4 Å². The van der Waals surface area contributed by atoms with Crippen LogP contribution in [-0.4, -0.2) is 46.8 Å². The van der Waals surface area contributed by atoms with Crippen molar-refractivity contribution in [1.29, 1.82) is 0 Å². The zero-order chi connectivity index (χ0) is 27.2. The van der Waals surface area contributed by atoms with Gasteiger partial charge in [-0.05, 0) is 44.0 Å². The van der Waals surface area contributed by atoms with Gasteiger partial charge in [0.25, 0.3) is 0 Å². The minimum absolute atomic E-state index is 0.0846. The zero-order valence-electron chi connectivity index (χ0n) is 23.0. The van der Waals surface area contributed by atoms with Crippen LogP contribution in [0.2, 0.25) is 0 Å². The van der Waals surface area contributed by atoms with Gasteiger partial charge in [-0.3, -0.25) is 4.79 Å². The summed E-state index contributed by atoms with van der Waals surface area (Å²) >= 11 is 0. The number of carbonyl (C=O) groups excluding carboxylic acids is 2. The van der Waals surface area contributed by atoms with Crippen LogP contribution in [0, 0.1) is 13.8 Å². The van der Waals surface area contributed by atoms with E-state index in [1.807, 2.05) is 38.1 Å². The number of unbranched alkanes of at least 4 members (excludes halogenated alkanes) is 1. The van der Waals surface area contributed by atoms with Crippen LogP contribution in [0.25, 0.3) is 5.69 Å². The Hall–Kier alpha value is -3.81. The van der Waals surface area contributed by atoms with Crippen LogP contribution in [0.4, 0.5) is 16.3 Å². The molecule has 8 heteroatoms. The molecule has 3 aromatic rings. The third-order valence-corrected chi connectivity index (χ3v) is 6.05. The van der Waals surface area contributed by atoms with Crippen LogP contribution in [0.3, 0.4) is 0 Å². The van der Waals surface area contributed by atoms with Crippen molar-refractivity contribution < 1.29 is 14.3 Å². The number of hydrogen-bond acceptors (Lipinski definition) is 4. The average Bonchev–Trinajstić information content (AvgIpc) is 3.25. The van der Waals surface area contributed by atoms with E-state index >= 15 is 0 Å². The molecule has 0 radical (unpaired) electrons. The Balaban J connectivity index is 1.83. The maximum atomic E-state index is 13.2. The molecular formula is C29H39N5O3. The minimum atomic E-state index is -0.338. The van der Waals surface area contributed by atoms with Gasteiger partial charge in [0.2, 0.25) is 5.91 Å². The first-order valence-corrected chi connectivity index (χ1v) is 12.7. The number of ether oxygens (including phenoxy) is 1. The summed E-state index contributed by atoms with van der Waals surface area (Å²) in [6.07, 6.45) is 1.69. The number of carbonyl (C=O) groups is 2. The summed E-state index contributed by atoms with van der Waals surface area (Å²) in [4.78, 5) is 27.8. The largest absolute Gasteiger partial charge is 0.497 e. The highest BCUT2D eigenvalue weighted by molar-refractivity contribution is 5.96. The number of hydrogen-bond donors (Lipinski definition) is 2. The summed E-state index contributed by atoms with van der Waals surface area (Å²) in [5.41, 5.74) is 4.38. The number of nitrogens with one attached hydrogen (secondary N) is 2. The summed E-state index contributed by atoms with van der Waals surface area (Å²) in [7, 11) is 1.58. The molecule has 37 heavy (non-hydrogen) atoms. The van der Waals surface area contributed by atoms with Crippen LogP contribution in [0.1, 0.15) is 57.4 Å². The van der Waals surface area contributed by atoms with Crippen molar-refractivity contribution in [2.24, 2.45) is 0 Å². The lowest BCUT2D eigenvalue weighted by molar-refractivity contribution is -0.116. The molecule has 1 heterocycles. The molecule has 0 bridgehead atoms. The van der Waals surface area contributed by atoms with E-state index in [-0.39, 0.29) is 23.9 Å². The average molecular weight is 506 g/mol. The highest BCUT2D eigenvalue weighted by atomic mass is 16.5. The fraction of sp³-hybridized carbons (Fsp3) is 0.414. The topological polar surface area (TPSA) is 88.5 Å². The van der Waals surface area contributed by atoms with Crippen molar-refractivity contribution >= 4 is 23.4 Å². The van der Waals surface area contributed by atoms with Gasteiger partial charge in [0.1, 0.15) is 18.1 Å². The zero-order valence-corrected chi connectivity index (χ0v) is 23.0. The molecule has 2 N–H and O–H groups in total. The summed E-state index contributed by atoms with van der Waals surface area (Å²) in [5, 5.41) is 10.7. The molecule has 0 aliphatic heterocycles. The van der Waals surface area contributed by atoms with E-state index in [0.717, 1.165) is 35.3 Å². The second-order valence-electron chi connectivity index (χ2n) is 10.4. The van der Waals surface area contributed by atoms with E-state index in [0.29, 0.717) is 23.8 Å². The Morgan fingerprint density at radius 2 is 1.81 bits per heavy atom. The summed E-state index contributed by atoms with van der Waals surface area (Å²) in [6, 6.07) is 14.8. The van der Waals surface area contributed by atoms with Gasteiger partial charge in [0, 0.05) is 29.8 Å². The van der Waals surface area contributed by atoms with Crippen LogP contribution in [-0.2, 0) is 10.2 Å². The maximum Gasteiger partial charge on any atom is 0.322 e. The maximum absolute atomic E-state index is 13.2. The molecule has 2 aromatic carbocycles. The molecule has 1 aromatic heterocycles. The van der Waals surface area contributed by atoms with Crippen LogP contribution >= 0.6 is 0 Å². The van der Waals surface area contributed by atoms with Gasteiger partial charge in [-0.25, -0.2) is 9.48 Å². The third-order valence-electron chi connectivity index (χ3n) is 6.05. The fourth-order valence-corrected chi connectivity index (χ4v) is 3.92. The van der Waals surface area contributed by atoms with Gasteiger partial charge in [0.05, 0.1) is 18.5 Å². The number of urea groups is 1. The first-order valence-electron chi connectivity index (χ1n) is 12.7. The molecule has 0 aliphatic carbocycles. The van der Waals surface area contributed by atoms with Crippen LogP contribution in [0.15, 0.2) is 48.5 Å². The number of amides is 3. The number of benzene rings is 2. The van der Waals surface area contributed by atoms with E-state index in [1.165, 1.54) is 4.90 Å². The predicted octanol–water partition coefficient (Wildman–Crippen LogP) is 6.07. The second kappa shape index (κ2) is 12.0. The molecule has 0 unspecified atom stereocenters. The van der Waals surface area contributed by atoms with Crippen molar-refractivity contribution in [3.63, 3.8) is 0 Å². The quantitative estimate of drug-likeness (QED) is 0.370. The standard InChI is InChI=1S/C29H39N5O3/c1-8-9-15-33(28(36)30-22-11-10-12-23(17-22)37-7)19-27(35)31-26-18-25(29(4,5)6)32-34(26)24-14-13-20(2)16-21(24)3/h10-14,16-18H,8-9,15,19H2,1-7H3,(H,30,36)(H,31,35). The first-order chi connectivity index (χ1) is 17.5. The number of nitrogens with zero attached hydrogens (tertiary/aromatic N) is 3. The van der Waals surface area contributed by atoms with Gasteiger partial charge in [-0.1, -0.05) is 57.9 Å². The van der Waals surface area contributed by atoms with Gasteiger partial charge < -0.3 is 20.3 Å². The molecule has 0 aliphatic rings. The highest BCUT2D eigenvalue weighted by Gasteiger charge is 2.23. The fourth-order valence-electron chi connectivity index (χ4n) is 3.92. The smallest absolute Gasteiger partial charge is 0.322 e. The highest BCUT2D eigenvalue weighted by Crippen LogP contribution is 2.28. The summed E-state index contributed by atoms with van der Waals surface area (Å²) in [5.74, 6) is 0.929. The summed E-state index contributed by atoms with van der Waals surface area (Å²) in [6.45, 7) is 12.8. The molecule has 0 spiro atoms. The Morgan fingerprint density at radius 1 is 1.05 bits per heavy atom. The number of aromatic nitrogens is 2. The lowest BCUT2D eigenvalue weighted by Crippen LogP contribution is -2.41. The lowest BCUT2D eigenvalue weighted by Gasteiger charge is -2.23. The third kappa shape index (κ3) is 7.35. The minimum Gasteiger partial charge on any atom is -0.497 e. The molecule has 198 valence electrons.